The topological polar surface area (TPSA) is 82.1 Å². The number of halogens is 2. The second-order valence-electron chi connectivity index (χ2n) is 6.96. The number of hydrogen-bond acceptors (Lipinski definition) is 5. The van der Waals surface area contributed by atoms with Crippen molar-refractivity contribution in [3.63, 3.8) is 0 Å². The molecule has 0 unspecified atom stereocenters. The van der Waals surface area contributed by atoms with Gasteiger partial charge < -0.3 is 19.3 Å². The highest BCUT2D eigenvalue weighted by atomic mass is 35.5. The number of carboxylic acids is 1. The number of hydrogen-bond donors (Lipinski definition) is 1. The molecule has 1 N–H and O–H groups in total. The standard InChI is InChI=1S/C22H24Cl2O6/c1-12-7-16(8-13(2)19(12)23)21(22(26)27)29-6-5-28-11-18(25)30-17-9-14(3)20(24)15(4)10-17/h7-10,21H,5-6,11H2,1-4H3,(H,26,27)/t21-/m0/s1. The van der Waals surface area contributed by atoms with Crippen molar-refractivity contribution in [2.45, 2.75) is 33.8 Å². The van der Waals surface area contributed by atoms with Gasteiger partial charge >= 0.3 is 11.9 Å². The van der Waals surface area contributed by atoms with E-state index in [0.717, 1.165) is 22.3 Å². The number of aliphatic carboxylic acids is 1. The Labute approximate surface area is 185 Å². The van der Waals surface area contributed by atoms with Crippen LogP contribution in [0.25, 0.3) is 0 Å². The Morgan fingerprint density at radius 3 is 1.90 bits per heavy atom. The third kappa shape index (κ3) is 6.44. The lowest BCUT2D eigenvalue weighted by Crippen LogP contribution is -2.21. The van der Waals surface area contributed by atoms with E-state index in [-0.39, 0.29) is 19.8 Å². The van der Waals surface area contributed by atoms with Crippen LogP contribution in [-0.2, 0) is 19.1 Å². The molecule has 2 rings (SSSR count). The van der Waals surface area contributed by atoms with Crippen LogP contribution in [0.1, 0.15) is 33.9 Å². The Kier molecular flexibility index (Phi) is 8.67. The minimum atomic E-state index is -1.16. The van der Waals surface area contributed by atoms with Crippen LogP contribution in [0.3, 0.4) is 0 Å². The van der Waals surface area contributed by atoms with Crippen molar-refractivity contribution in [3.8, 4) is 5.75 Å². The first-order valence-electron chi connectivity index (χ1n) is 9.26. The van der Waals surface area contributed by atoms with Gasteiger partial charge in [0.25, 0.3) is 0 Å². The highest BCUT2D eigenvalue weighted by Crippen LogP contribution is 2.27. The molecule has 0 aromatic heterocycles. The SMILES string of the molecule is Cc1cc(OC(=O)COCCO[C@H](C(=O)O)c2cc(C)c(Cl)c(C)c2)cc(C)c1Cl. The molecule has 0 aliphatic carbocycles. The van der Waals surface area contributed by atoms with Crippen LogP contribution < -0.4 is 4.74 Å². The lowest BCUT2D eigenvalue weighted by molar-refractivity contribution is -0.153. The zero-order chi connectivity index (χ0) is 22.4. The van der Waals surface area contributed by atoms with Gasteiger partial charge in [-0.1, -0.05) is 35.3 Å². The van der Waals surface area contributed by atoms with Crippen LogP contribution in [0.5, 0.6) is 5.75 Å². The van der Waals surface area contributed by atoms with Gasteiger partial charge in [0.1, 0.15) is 12.4 Å². The van der Waals surface area contributed by atoms with E-state index < -0.39 is 18.0 Å². The van der Waals surface area contributed by atoms with E-state index in [9.17, 15) is 14.7 Å². The second kappa shape index (κ2) is 10.8. The normalized spacial score (nSPS) is 11.9. The molecule has 0 radical (unpaired) electrons. The molecule has 0 bridgehead atoms. The molecule has 0 aliphatic rings. The first kappa shape index (κ1) is 24.2. The molecule has 30 heavy (non-hydrogen) atoms. The molecule has 162 valence electrons. The molecule has 0 fully saturated rings. The summed E-state index contributed by atoms with van der Waals surface area (Å²) in [6.45, 7) is 6.98. The molecular formula is C22H24Cl2O6. The zero-order valence-electron chi connectivity index (χ0n) is 17.3. The van der Waals surface area contributed by atoms with Gasteiger partial charge in [-0.25, -0.2) is 9.59 Å². The third-order valence-corrected chi connectivity index (χ3v) is 5.55. The molecule has 2 aromatic rings. The molecule has 0 heterocycles. The van der Waals surface area contributed by atoms with Crippen LogP contribution in [-0.4, -0.2) is 36.9 Å². The van der Waals surface area contributed by atoms with Crippen LogP contribution >= 0.6 is 23.2 Å². The third-order valence-electron chi connectivity index (χ3n) is 4.36. The molecule has 0 spiro atoms. The smallest absolute Gasteiger partial charge is 0.337 e. The van der Waals surface area contributed by atoms with E-state index in [1.807, 2.05) is 13.8 Å². The van der Waals surface area contributed by atoms with Gasteiger partial charge in [0.2, 0.25) is 0 Å². The summed E-state index contributed by atoms with van der Waals surface area (Å²) in [5.41, 5.74) is 3.65. The van der Waals surface area contributed by atoms with Crippen LogP contribution in [0, 0.1) is 27.7 Å². The Bertz CT molecular complexity index is 895. The van der Waals surface area contributed by atoms with Gasteiger partial charge in [-0.2, -0.15) is 0 Å². The first-order valence-corrected chi connectivity index (χ1v) is 10.0. The number of rotatable bonds is 9. The zero-order valence-corrected chi connectivity index (χ0v) is 18.8. The molecule has 8 heteroatoms. The monoisotopic (exact) mass is 454 g/mol. The quantitative estimate of drug-likeness (QED) is 0.326. The lowest BCUT2D eigenvalue weighted by Gasteiger charge is -2.16. The van der Waals surface area contributed by atoms with Gasteiger partial charge in [-0.05, 0) is 67.6 Å². The highest BCUT2D eigenvalue weighted by molar-refractivity contribution is 6.32. The summed E-state index contributed by atoms with van der Waals surface area (Å²) in [4.78, 5) is 23.5. The van der Waals surface area contributed by atoms with Crippen molar-refractivity contribution in [2.24, 2.45) is 0 Å². The van der Waals surface area contributed by atoms with Crippen LogP contribution in [0.15, 0.2) is 24.3 Å². The van der Waals surface area contributed by atoms with Gasteiger partial charge in [0.05, 0.1) is 13.2 Å². The molecule has 1 atom stereocenters. The number of carbonyl (C=O) groups excluding carboxylic acids is 1. The predicted molar refractivity (Wildman–Crippen MR) is 115 cm³/mol. The number of benzene rings is 2. The van der Waals surface area contributed by atoms with Gasteiger partial charge in [0, 0.05) is 10.0 Å². The Morgan fingerprint density at radius 1 is 0.900 bits per heavy atom. The van der Waals surface area contributed by atoms with E-state index in [1.54, 1.807) is 38.1 Å². The minimum absolute atomic E-state index is 0.00979. The molecule has 2 aromatic carbocycles. The molecule has 0 amide bonds. The summed E-state index contributed by atoms with van der Waals surface area (Å²) < 4.78 is 15.9. The Balaban J connectivity index is 1.83. The van der Waals surface area contributed by atoms with Crippen molar-refractivity contribution in [1.82, 2.24) is 0 Å². The Hall–Kier alpha value is -2.12. The van der Waals surface area contributed by atoms with Gasteiger partial charge in [-0.15, -0.1) is 0 Å². The molecule has 6 nitrogen and oxygen atoms in total. The van der Waals surface area contributed by atoms with Crippen molar-refractivity contribution < 1.29 is 28.9 Å². The van der Waals surface area contributed by atoms with Gasteiger partial charge in [0.15, 0.2) is 6.10 Å². The average molecular weight is 455 g/mol. The summed E-state index contributed by atoms with van der Waals surface area (Å²) in [7, 11) is 0. The summed E-state index contributed by atoms with van der Waals surface area (Å²) in [5, 5.41) is 10.7. The number of ether oxygens (including phenoxy) is 3. The van der Waals surface area contributed by atoms with Crippen molar-refractivity contribution in [3.05, 3.63) is 62.1 Å². The predicted octanol–water partition coefficient (Wildman–Crippen LogP) is 4.99. The maximum Gasteiger partial charge on any atom is 0.337 e. The second-order valence-corrected chi connectivity index (χ2v) is 7.71. The molecule has 0 saturated carbocycles. The fourth-order valence-corrected chi connectivity index (χ4v) is 3.17. The maximum atomic E-state index is 11.9. The van der Waals surface area contributed by atoms with E-state index in [0.29, 0.717) is 21.4 Å². The first-order chi connectivity index (χ1) is 14.1. The van der Waals surface area contributed by atoms with Crippen LogP contribution in [0.2, 0.25) is 10.0 Å². The number of esters is 1. The van der Waals surface area contributed by atoms with Crippen molar-refractivity contribution >= 4 is 35.1 Å². The number of carboxylic acid groups (broad SMARTS) is 1. The van der Waals surface area contributed by atoms with E-state index in [2.05, 4.69) is 0 Å². The number of carbonyl (C=O) groups is 2. The van der Waals surface area contributed by atoms with Crippen molar-refractivity contribution in [1.29, 1.82) is 0 Å². The maximum absolute atomic E-state index is 11.9. The van der Waals surface area contributed by atoms with Gasteiger partial charge in [-0.3, -0.25) is 0 Å². The summed E-state index contributed by atoms with van der Waals surface area (Å²) in [6, 6.07) is 6.71. The van der Waals surface area contributed by atoms with E-state index in [4.69, 9.17) is 37.4 Å². The minimum Gasteiger partial charge on any atom is -0.479 e. The van der Waals surface area contributed by atoms with Crippen LogP contribution in [0.4, 0.5) is 0 Å². The summed E-state index contributed by atoms with van der Waals surface area (Å²) in [5.74, 6) is -1.31. The number of aryl methyl sites for hydroxylation is 4. The lowest BCUT2D eigenvalue weighted by atomic mass is 10.0. The Morgan fingerprint density at radius 2 is 1.40 bits per heavy atom. The fourth-order valence-electron chi connectivity index (χ4n) is 2.95. The average Bonchev–Trinajstić information content (AvgIpc) is 2.66. The molecular weight excluding hydrogens is 431 g/mol. The van der Waals surface area contributed by atoms with E-state index in [1.165, 1.54) is 0 Å². The molecule has 0 aliphatic heterocycles. The molecule has 0 saturated heterocycles. The highest BCUT2D eigenvalue weighted by Gasteiger charge is 2.22. The largest absolute Gasteiger partial charge is 0.479 e. The summed E-state index contributed by atoms with van der Waals surface area (Å²) in [6.07, 6.45) is -1.16. The van der Waals surface area contributed by atoms with Crippen molar-refractivity contribution in [2.75, 3.05) is 19.8 Å². The fraction of sp³-hybridized carbons (Fsp3) is 0.364. The van der Waals surface area contributed by atoms with E-state index >= 15 is 0 Å². The summed E-state index contributed by atoms with van der Waals surface area (Å²) >= 11 is 12.2.